The molecule has 0 radical (unpaired) electrons. The third kappa shape index (κ3) is 5.79. The molecule has 20 heavy (non-hydrogen) atoms. The second kappa shape index (κ2) is 8.11. The Morgan fingerprint density at radius 2 is 1.90 bits per heavy atom. The third-order valence-corrected chi connectivity index (χ3v) is 2.77. The van der Waals surface area contributed by atoms with Gasteiger partial charge in [-0.1, -0.05) is 6.07 Å². The third-order valence-electron chi connectivity index (χ3n) is 2.77. The van der Waals surface area contributed by atoms with Crippen molar-refractivity contribution >= 4 is 5.69 Å². The molecule has 0 spiro atoms. The number of ether oxygens (including phenoxy) is 2. The van der Waals surface area contributed by atoms with Crippen LogP contribution in [0.1, 0.15) is 17.5 Å². The van der Waals surface area contributed by atoms with E-state index in [2.05, 4.69) is 5.32 Å². The van der Waals surface area contributed by atoms with E-state index in [1.54, 1.807) is 13.2 Å². The molecule has 1 rings (SSSR count). The number of rotatable bonds is 8. The topological polar surface area (TPSA) is 30.5 Å². The van der Waals surface area contributed by atoms with Crippen LogP contribution in [-0.4, -0.2) is 33.5 Å². The second-order valence-corrected chi connectivity index (χ2v) is 4.41. The number of benzene rings is 1. The number of alkyl halides is 3. The van der Waals surface area contributed by atoms with Gasteiger partial charge in [0.05, 0.1) is 18.8 Å². The minimum absolute atomic E-state index is 0.228. The number of hydrogen-bond acceptors (Lipinski definition) is 3. The van der Waals surface area contributed by atoms with Crippen LogP contribution in [0.2, 0.25) is 0 Å². The Morgan fingerprint density at radius 3 is 2.55 bits per heavy atom. The van der Waals surface area contributed by atoms with Gasteiger partial charge in [0.2, 0.25) is 0 Å². The lowest BCUT2D eigenvalue weighted by Gasteiger charge is -2.13. The average Bonchev–Trinajstić information content (AvgIpc) is 2.38. The summed E-state index contributed by atoms with van der Waals surface area (Å²) < 4.78 is 48.3. The van der Waals surface area contributed by atoms with Crippen LogP contribution in [0.25, 0.3) is 0 Å². The minimum Gasteiger partial charge on any atom is -0.385 e. The minimum atomic E-state index is -4.31. The molecule has 0 amide bonds. The highest BCUT2D eigenvalue weighted by atomic mass is 19.4. The van der Waals surface area contributed by atoms with Crippen LogP contribution in [0.4, 0.5) is 18.9 Å². The van der Waals surface area contributed by atoms with Gasteiger partial charge in [-0.3, -0.25) is 0 Å². The Kier molecular flexibility index (Phi) is 6.81. The molecule has 0 saturated carbocycles. The lowest BCUT2D eigenvalue weighted by atomic mass is 10.1. The van der Waals surface area contributed by atoms with Gasteiger partial charge >= 0.3 is 6.18 Å². The summed E-state index contributed by atoms with van der Waals surface area (Å²) in [7, 11) is 1.60. The van der Waals surface area contributed by atoms with Gasteiger partial charge in [0.1, 0.15) is 0 Å². The molecule has 0 aromatic heterocycles. The molecule has 0 atom stereocenters. The zero-order chi connectivity index (χ0) is 15.0. The molecule has 1 aromatic carbocycles. The van der Waals surface area contributed by atoms with E-state index >= 15 is 0 Å². The van der Waals surface area contributed by atoms with E-state index < -0.39 is 11.7 Å². The lowest BCUT2D eigenvalue weighted by molar-refractivity contribution is -0.138. The van der Waals surface area contributed by atoms with Crippen molar-refractivity contribution in [2.45, 2.75) is 19.5 Å². The van der Waals surface area contributed by atoms with E-state index in [1.165, 1.54) is 13.0 Å². The van der Waals surface area contributed by atoms with E-state index in [-0.39, 0.29) is 5.56 Å². The van der Waals surface area contributed by atoms with Crippen molar-refractivity contribution < 1.29 is 22.6 Å². The maximum Gasteiger partial charge on any atom is 0.416 e. The zero-order valence-electron chi connectivity index (χ0n) is 11.7. The summed E-state index contributed by atoms with van der Waals surface area (Å²) in [6.07, 6.45) is -3.59. The maximum absolute atomic E-state index is 12.7. The van der Waals surface area contributed by atoms with Crippen molar-refractivity contribution in [2.75, 3.05) is 38.8 Å². The van der Waals surface area contributed by atoms with E-state index in [1.807, 2.05) is 0 Å². The number of halogens is 3. The molecule has 0 unspecified atom stereocenters. The van der Waals surface area contributed by atoms with Crippen LogP contribution < -0.4 is 5.32 Å². The molecule has 0 aliphatic rings. The molecule has 0 fully saturated rings. The predicted octanol–water partition coefficient (Wildman–Crippen LogP) is 3.48. The summed E-state index contributed by atoms with van der Waals surface area (Å²) in [5, 5.41) is 2.96. The highest BCUT2D eigenvalue weighted by Crippen LogP contribution is 2.33. The standard InChI is InChI=1S/C14H20F3NO2/c1-11-4-5-12(10-13(11)14(15,16)17)18-6-3-7-20-9-8-19-2/h4-5,10,18H,3,6-9H2,1-2H3. The summed E-state index contributed by atoms with van der Waals surface area (Å²) in [6.45, 7) is 3.64. The average molecular weight is 291 g/mol. The van der Waals surface area contributed by atoms with Gasteiger partial charge in [-0.25, -0.2) is 0 Å². The fraction of sp³-hybridized carbons (Fsp3) is 0.571. The SMILES string of the molecule is COCCOCCCNc1ccc(C)c(C(F)(F)F)c1. The van der Waals surface area contributed by atoms with E-state index in [4.69, 9.17) is 9.47 Å². The molecular formula is C14H20F3NO2. The summed E-state index contributed by atoms with van der Waals surface area (Å²) >= 11 is 0. The van der Waals surface area contributed by atoms with Crippen molar-refractivity contribution in [3.05, 3.63) is 29.3 Å². The van der Waals surface area contributed by atoms with E-state index in [9.17, 15) is 13.2 Å². The first-order valence-electron chi connectivity index (χ1n) is 6.43. The largest absolute Gasteiger partial charge is 0.416 e. The molecule has 114 valence electrons. The normalized spacial score (nSPS) is 11.7. The number of hydrogen-bond donors (Lipinski definition) is 1. The Labute approximate surface area is 117 Å². The highest BCUT2D eigenvalue weighted by Gasteiger charge is 2.32. The molecule has 0 saturated heterocycles. The van der Waals surface area contributed by atoms with Crippen LogP contribution in [-0.2, 0) is 15.7 Å². The fourth-order valence-electron chi connectivity index (χ4n) is 1.69. The molecule has 0 aliphatic heterocycles. The summed E-state index contributed by atoms with van der Waals surface area (Å²) in [5.41, 5.74) is 0.101. The molecule has 6 heteroatoms. The fourth-order valence-corrected chi connectivity index (χ4v) is 1.69. The van der Waals surface area contributed by atoms with Crippen LogP contribution in [0.15, 0.2) is 18.2 Å². The van der Waals surface area contributed by atoms with E-state index in [0.717, 1.165) is 12.5 Å². The molecule has 0 aliphatic carbocycles. The van der Waals surface area contributed by atoms with Crippen molar-refractivity contribution in [1.29, 1.82) is 0 Å². The first kappa shape index (κ1) is 16.8. The number of anilines is 1. The Hall–Kier alpha value is -1.27. The Bertz CT molecular complexity index is 408. The maximum atomic E-state index is 12.7. The Morgan fingerprint density at radius 1 is 1.15 bits per heavy atom. The van der Waals surface area contributed by atoms with Crippen molar-refractivity contribution in [3.63, 3.8) is 0 Å². The van der Waals surface area contributed by atoms with Gasteiger partial charge in [-0.2, -0.15) is 13.2 Å². The summed E-state index contributed by atoms with van der Waals surface area (Å²) in [4.78, 5) is 0. The van der Waals surface area contributed by atoms with Crippen molar-refractivity contribution in [1.82, 2.24) is 0 Å². The lowest BCUT2D eigenvalue weighted by Crippen LogP contribution is -2.11. The first-order chi connectivity index (χ1) is 9.45. The molecule has 0 bridgehead atoms. The monoisotopic (exact) mass is 291 g/mol. The highest BCUT2D eigenvalue weighted by molar-refractivity contribution is 5.49. The number of nitrogens with one attached hydrogen (secondary N) is 1. The number of aryl methyl sites for hydroxylation is 1. The molecule has 1 N–H and O–H groups in total. The molecule has 1 aromatic rings. The predicted molar refractivity (Wildman–Crippen MR) is 72.0 cm³/mol. The Balaban J connectivity index is 2.38. The molecule has 0 heterocycles. The smallest absolute Gasteiger partial charge is 0.385 e. The molecular weight excluding hydrogens is 271 g/mol. The van der Waals surface area contributed by atoms with Crippen molar-refractivity contribution in [3.8, 4) is 0 Å². The second-order valence-electron chi connectivity index (χ2n) is 4.41. The van der Waals surface area contributed by atoms with Gasteiger partial charge in [-0.05, 0) is 31.0 Å². The van der Waals surface area contributed by atoms with Gasteiger partial charge in [0.15, 0.2) is 0 Å². The zero-order valence-corrected chi connectivity index (χ0v) is 11.7. The first-order valence-corrected chi connectivity index (χ1v) is 6.43. The van der Waals surface area contributed by atoms with E-state index in [0.29, 0.717) is 32.1 Å². The van der Waals surface area contributed by atoms with Gasteiger partial charge < -0.3 is 14.8 Å². The van der Waals surface area contributed by atoms with Crippen LogP contribution >= 0.6 is 0 Å². The quantitative estimate of drug-likeness (QED) is 0.744. The van der Waals surface area contributed by atoms with Gasteiger partial charge in [0.25, 0.3) is 0 Å². The number of methoxy groups -OCH3 is 1. The van der Waals surface area contributed by atoms with Gasteiger partial charge in [0, 0.05) is 25.9 Å². The summed E-state index contributed by atoms with van der Waals surface area (Å²) in [5.74, 6) is 0. The van der Waals surface area contributed by atoms with Crippen LogP contribution in [0.5, 0.6) is 0 Å². The molecule has 3 nitrogen and oxygen atoms in total. The van der Waals surface area contributed by atoms with Crippen molar-refractivity contribution in [2.24, 2.45) is 0 Å². The van der Waals surface area contributed by atoms with Crippen LogP contribution in [0.3, 0.4) is 0 Å². The van der Waals surface area contributed by atoms with Gasteiger partial charge in [-0.15, -0.1) is 0 Å². The van der Waals surface area contributed by atoms with Crippen LogP contribution in [0, 0.1) is 6.92 Å². The summed E-state index contributed by atoms with van der Waals surface area (Å²) in [6, 6.07) is 4.26.